The van der Waals surface area contributed by atoms with Crippen molar-refractivity contribution in [2.45, 2.75) is 6.54 Å². The summed E-state index contributed by atoms with van der Waals surface area (Å²) in [5, 5.41) is 11.9. The van der Waals surface area contributed by atoms with Crippen LogP contribution in [0.25, 0.3) is 5.65 Å². The van der Waals surface area contributed by atoms with Gasteiger partial charge in [-0.3, -0.25) is 9.48 Å². The average Bonchev–Trinajstić information content (AvgIpc) is 3.23. The molecule has 1 N–H and O–H groups in total. The van der Waals surface area contributed by atoms with Gasteiger partial charge in [0.15, 0.2) is 11.3 Å². The molecule has 7 nitrogen and oxygen atoms in total. The highest BCUT2D eigenvalue weighted by Gasteiger charge is 2.12. The summed E-state index contributed by atoms with van der Waals surface area (Å²) in [6.45, 7) is 0.522. The Bertz CT molecular complexity index is 1020. The van der Waals surface area contributed by atoms with E-state index >= 15 is 0 Å². The number of nitrogens with zero attached hydrogens (tertiary/aromatic N) is 5. The molecule has 3 aromatic heterocycles. The number of benzene rings is 1. The SMILES string of the molecule is O=C(Nc1cnn(Cc2ccccc2Cl)c1)c1cc2ncccn2n1. The number of nitrogens with one attached hydrogen (secondary N) is 1. The third kappa shape index (κ3) is 3.22. The third-order valence-corrected chi connectivity index (χ3v) is 4.02. The van der Waals surface area contributed by atoms with Crippen LogP contribution in [-0.4, -0.2) is 30.3 Å². The van der Waals surface area contributed by atoms with Gasteiger partial charge in [0.05, 0.1) is 18.4 Å². The summed E-state index contributed by atoms with van der Waals surface area (Å²) in [7, 11) is 0. The summed E-state index contributed by atoms with van der Waals surface area (Å²) in [6, 6.07) is 10.9. The molecule has 0 saturated carbocycles. The minimum absolute atomic E-state index is 0.289. The lowest BCUT2D eigenvalue weighted by molar-refractivity contribution is 0.102. The molecule has 0 saturated heterocycles. The fourth-order valence-electron chi connectivity index (χ4n) is 2.45. The smallest absolute Gasteiger partial charge is 0.276 e. The normalized spacial score (nSPS) is 10.9. The molecule has 0 aliphatic rings. The van der Waals surface area contributed by atoms with E-state index in [1.807, 2.05) is 24.3 Å². The lowest BCUT2D eigenvalue weighted by Gasteiger charge is -2.03. The number of halogens is 1. The Morgan fingerprint density at radius 3 is 2.96 bits per heavy atom. The minimum atomic E-state index is -0.317. The second-order valence-electron chi connectivity index (χ2n) is 5.42. The van der Waals surface area contributed by atoms with Crippen LogP contribution in [0.4, 0.5) is 5.69 Å². The van der Waals surface area contributed by atoms with Gasteiger partial charge in [0, 0.05) is 29.7 Å². The first-order valence-electron chi connectivity index (χ1n) is 7.57. The van der Waals surface area contributed by atoms with E-state index in [1.165, 1.54) is 0 Å². The van der Waals surface area contributed by atoms with Crippen LogP contribution in [0.2, 0.25) is 5.02 Å². The standard InChI is InChI=1S/C17H13ClN6O/c18-14-5-2-1-4-12(14)10-23-11-13(9-20-23)21-17(25)15-8-16-19-6-3-7-24(16)22-15/h1-9,11H,10H2,(H,21,25). The number of hydrogen-bond donors (Lipinski definition) is 1. The Balaban J connectivity index is 1.49. The molecule has 4 rings (SSSR count). The first-order chi connectivity index (χ1) is 12.2. The molecule has 0 radical (unpaired) electrons. The van der Waals surface area contributed by atoms with Crippen molar-refractivity contribution in [3.8, 4) is 0 Å². The first kappa shape index (κ1) is 15.3. The van der Waals surface area contributed by atoms with E-state index in [1.54, 1.807) is 46.1 Å². The molecule has 0 atom stereocenters. The van der Waals surface area contributed by atoms with Crippen LogP contribution in [0.15, 0.2) is 61.2 Å². The van der Waals surface area contributed by atoms with Gasteiger partial charge in [-0.25, -0.2) is 9.50 Å². The van der Waals surface area contributed by atoms with Crippen LogP contribution in [0.5, 0.6) is 0 Å². The number of amides is 1. The zero-order valence-electron chi connectivity index (χ0n) is 13.0. The predicted molar refractivity (Wildman–Crippen MR) is 93.7 cm³/mol. The summed E-state index contributed by atoms with van der Waals surface area (Å²) >= 11 is 6.16. The maximum atomic E-state index is 12.3. The lowest BCUT2D eigenvalue weighted by atomic mass is 10.2. The van der Waals surface area contributed by atoms with E-state index in [9.17, 15) is 4.79 Å². The van der Waals surface area contributed by atoms with Crippen molar-refractivity contribution < 1.29 is 4.79 Å². The van der Waals surface area contributed by atoms with Gasteiger partial charge >= 0.3 is 0 Å². The number of carbonyl (C=O) groups is 1. The molecule has 8 heteroatoms. The number of aromatic nitrogens is 5. The van der Waals surface area contributed by atoms with Crippen molar-refractivity contribution in [2.75, 3.05) is 5.32 Å². The summed E-state index contributed by atoms with van der Waals surface area (Å²) in [5.74, 6) is -0.317. The number of fused-ring (bicyclic) bond motifs is 1. The van der Waals surface area contributed by atoms with Gasteiger partial charge in [-0.1, -0.05) is 29.8 Å². The number of hydrogen-bond acceptors (Lipinski definition) is 4. The monoisotopic (exact) mass is 352 g/mol. The number of carbonyl (C=O) groups excluding carboxylic acids is 1. The molecule has 0 aliphatic heterocycles. The molecule has 124 valence electrons. The molecule has 25 heavy (non-hydrogen) atoms. The van der Waals surface area contributed by atoms with Crippen molar-refractivity contribution in [3.63, 3.8) is 0 Å². The average molecular weight is 353 g/mol. The van der Waals surface area contributed by atoms with Gasteiger partial charge in [-0.2, -0.15) is 10.2 Å². The summed E-state index contributed by atoms with van der Waals surface area (Å²) in [5.41, 5.74) is 2.44. The molecule has 0 unspecified atom stereocenters. The van der Waals surface area contributed by atoms with Gasteiger partial charge in [0.2, 0.25) is 0 Å². The van der Waals surface area contributed by atoms with Crippen LogP contribution in [0, 0.1) is 0 Å². The second-order valence-corrected chi connectivity index (χ2v) is 5.83. The number of anilines is 1. The molecule has 4 aromatic rings. The van der Waals surface area contributed by atoms with Crippen LogP contribution in [0.1, 0.15) is 16.1 Å². The Hall–Kier alpha value is -3.19. The molecule has 0 aliphatic carbocycles. The maximum Gasteiger partial charge on any atom is 0.276 e. The zero-order chi connectivity index (χ0) is 17.2. The van der Waals surface area contributed by atoms with E-state index in [-0.39, 0.29) is 11.6 Å². The van der Waals surface area contributed by atoms with Gasteiger partial charge in [0.1, 0.15) is 0 Å². The fraction of sp³-hybridized carbons (Fsp3) is 0.0588. The quantitative estimate of drug-likeness (QED) is 0.612. The van der Waals surface area contributed by atoms with Gasteiger partial charge < -0.3 is 5.32 Å². The Morgan fingerprint density at radius 1 is 1.24 bits per heavy atom. The summed E-state index contributed by atoms with van der Waals surface area (Å²) in [6.07, 6.45) is 6.72. The molecule has 0 spiro atoms. The van der Waals surface area contributed by atoms with Gasteiger partial charge in [-0.05, 0) is 17.7 Å². The highest BCUT2D eigenvalue weighted by Crippen LogP contribution is 2.17. The van der Waals surface area contributed by atoms with E-state index in [0.29, 0.717) is 22.9 Å². The largest absolute Gasteiger partial charge is 0.318 e. The Labute approximate surface area is 147 Å². The van der Waals surface area contributed by atoms with Gasteiger partial charge in [0.25, 0.3) is 5.91 Å². The zero-order valence-corrected chi connectivity index (χ0v) is 13.8. The van der Waals surface area contributed by atoms with Crippen molar-refractivity contribution in [1.82, 2.24) is 24.4 Å². The highest BCUT2D eigenvalue weighted by molar-refractivity contribution is 6.31. The van der Waals surface area contributed by atoms with Crippen molar-refractivity contribution in [2.24, 2.45) is 0 Å². The first-order valence-corrected chi connectivity index (χ1v) is 7.94. The van der Waals surface area contributed by atoms with Crippen LogP contribution < -0.4 is 5.32 Å². The van der Waals surface area contributed by atoms with Crippen LogP contribution in [0.3, 0.4) is 0 Å². The van der Waals surface area contributed by atoms with E-state index < -0.39 is 0 Å². The maximum absolute atomic E-state index is 12.3. The van der Waals surface area contributed by atoms with Crippen LogP contribution >= 0.6 is 11.6 Å². The topological polar surface area (TPSA) is 77.1 Å². The number of rotatable bonds is 4. The van der Waals surface area contributed by atoms with Crippen LogP contribution in [-0.2, 0) is 6.54 Å². The minimum Gasteiger partial charge on any atom is -0.318 e. The van der Waals surface area contributed by atoms with E-state index in [0.717, 1.165) is 5.56 Å². The molecular formula is C17H13ClN6O. The van der Waals surface area contributed by atoms with Crippen molar-refractivity contribution >= 4 is 28.8 Å². The third-order valence-electron chi connectivity index (χ3n) is 3.65. The van der Waals surface area contributed by atoms with E-state index in [2.05, 4.69) is 20.5 Å². The molecule has 1 aromatic carbocycles. The molecule has 0 bridgehead atoms. The van der Waals surface area contributed by atoms with Gasteiger partial charge in [-0.15, -0.1) is 0 Å². The lowest BCUT2D eigenvalue weighted by Crippen LogP contribution is -2.12. The molecule has 1 amide bonds. The second kappa shape index (κ2) is 6.37. The molecule has 0 fully saturated rings. The Morgan fingerprint density at radius 2 is 2.12 bits per heavy atom. The fourth-order valence-corrected chi connectivity index (χ4v) is 2.65. The van der Waals surface area contributed by atoms with Crippen molar-refractivity contribution in [1.29, 1.82) is 0 Å². The van der Waals surface area contributed by atoms with E-state index in [4.69, 9.17) is 11.6 Å². The highest BCUT2D eigenvalue weighted by atomic mass is 35.5. The Kier molecular flexibility index (Phi) is 3.91. The molecular weight excluding hydrogens is 340 g/mol. The van der Waals surface area contributed by atoms with Crippen molar-refractivity contribution in [3.05, 3.63) is 77.5 Å². The summed E-state index contributed by atoms with van der Waals surface area (Å²) in [4.78, 5) is 16.5. The molecule has 3 heterocycles. The summed E-state index contributed by atoms with van der Waals surface area (Å²) < 4.78 is 3.26. The predicted octanol–water partition coefficient (Wildman–Crippen LogP) is 2.88.